The van der Waals surface area contributed by atoms with Crippen molar-refractivity contribution in [3.8, 4) is 38.7 Å². The Balaban J connectivity index is 1.78. The lowest BCUT2D eigenvalue weighted by molar-refractivity contribution is -0.137. The molecule has 0 atom stereocenters. The Bertz CT molecular complexity index is 1410. The minimum absolute atomic E-state index is 0.00661. The Labute approximate surface area is 210 Å². The molecule has 0 saturated heterocycles. The van der Waals surface area contributed by atoms with Crippen molar-refractivity contribution < 1.29 is 27.8 Å². The highest BCUT2D eigenvalue weighted by Crippen LogP contribution is 2.42. The number of rotatable bonds is 4. The molecule has 0 aliphatic heterocycles. The molecular weight excluding hydrogens is 534 g/mol. The molecule has 34 heavy (non-hydrogen) atoms. The van der Waals surface area contributed by atoms with Crippen LogP contribution < -0.4 is 4.74 Å². The van der Waals surface area contributed by atoms with E-state index in [1.54, 1.807) is 29.6 Å². The van der Waals surface area contributed by atoms with Crippen LogP contribution in [-0.4, -0.2) is 16.2 Å². The molecule has 0 spiro atoms. The molecule has 0 aliphatic carbocycles. The number of thiazole rings is 1. The fraction of sp³-hybridized carbons (Fsp3) is 0.0435. The molecule has 0 saturated carbocycles. The van der Waals surface area contributed by atoms with Crippen LogP contribution in [0.2, 0.25) is 15.1 Å². The van der Waals surface area contributed by atoms with Crippen molar-refractivity contribution >= 4 is 52.3 Å². The second-order valence-corrected chi connectivity index (χ2v) is 9.02. The summed E-state index contributed by atoms with van der Waals surface area (Å²) in [6.45, 7) is 0. The molecule has 0 bridgehead atoms. The molecule has 0 radical (unpaired) electrons. The van der Waals surface area contributed by atoms with Gasteiger partial charge in [0, 0.05) is 32.7 Å². The fourth-order valence-corrected chi connectivity index (χ4v) is 4.50. The van der Waals surface area contributed by atoms with Gasteiger partial charge >= 0.3 is 12.3 Å². The van der Waals surface area contributed by atoms with E-state index >= 15 is 0 Å². The zero-order valence-electron chi connectivity index (χ0n) is 16.7. The highest BCUT2D eigenvalue weighted by atomic mass is 35.5. The Morgan fingerprint density at radius 1 is 0.882 bits per heavy atom. The lowest BCUT2D eigenvalue weighted by Gasteiger charge is -2.14. The molecule has 0 aliphatic rings. The van der Waals surface area contributed by atoms with Gasteiger partial charge in [0.15, 0.2) is 0 Å². The summed E-state index contributed by atoms with van der Waals surface area (Å²) < 4.78 is 44.5. The number of carbonyl (C=O) groups is 1. The van der Waals surface area contributed by atoms with E-state index in [-0.39, 0.29) is 21.9 Å². The van der Waals surface area contributed by atoms with E-state index in [2.05, 4.69) is 4.98 Å². The molecule has 11 heteroatoms. The fourth-order valence-electron chi connectivity index (χ4n) is 3.16. The molecule has 1 heterocycles. The third-order valence-corrected chi connectivity index (χ3v) is 6.69. The molecular formula is C23H11Cl3F3NO3S. The summed E-state index contributed by atoms with van der Waals surface area (Å²) in [5, 5.41) is 12.3. The molecule has 4 nitrogen and oxygen atoms in total. The predicted octanol–water partition coefficient (Wildman–Crippen LogP) is 9.18. The summed E-state index contributed by atoms with van der Waals surface area (Å²) in [6.07, 6.45) is -6.23. The Morgan fingerprint density at radius 3 is 2.26 bits per heavy atom. The number of benzene rings is 3. The minimum atomic E-state index is -4.60. The van der Waals surface area contributed by atoms with Gasteiger partial charge in [0.2, 0.25) is 0 Å². The molecule has 4 rings (SSSR count). The van der Waals surface area contributed by atoms with Crippen LogP contribution in [0, 0.1) is 0 Å². The number of hydrogen-bond acceptors (Lipinski definition) is 4. The lowest BCUT2D eigenvalue weighted by atomic mass is 10.00. The summed E-state index contributed by atoms with van der Waals surface area (Å²) in [5.41, 5.74) is 0.983. The molecule has 1 N–H and O–H groups in total. The molecule has 4 aromatic rings. The first-order chi connectivity index (χ1) is 16.0. The lowest BCUT2D eigenvalue weighted by Crippen LogP contribution is -2.06. The SMILES string of the molecule is O=C(O)Oc1cc(-c2nc(-c3ccc(Cl)c(Cl)c3)cs2)ccc1-c1cc(C(F)(F)F)ccc1Cl. The molecule has 174 valence electrons. The van der Waals surface area contributed by atoms with Crippen molar-refractivity contribution in [2.24, 2.45) is 0 Å². The van der Waals surface area contributed by atoms with Gasteiger partial charge in [-0.3, -0.25) is 0 Å². The first-order valence-electron chi connectivity index (χ1n) is 9.36. The van der Waals surface area contributed by atoms with E-state index in [0.29, 0.717) is 26.3 Å². The van der Waals surface area contributed by atoms with Gasteiger partial charge in [0.05, 0.1) is 21.3 Å². The first kappa shape index (κ1) is 24.3. The molecule has 3 aromatic carbocycles. The Hall–Kier alpha value is -2.78. The van der Waals surface area contributed by atoms with Crippen LogP contribution >= 0.6 is 46.1 Å². The summed E-state index contributed by atoms with van der Waals surface area (Å²) in [5.74, 6) is -0.183. The number of ether oxygens (including phenoxy) is 1. The van der Waals surface area contributed by atoms with Crippen LogP contribution in [0.5, 0.6) is 5.75 Å². The molecule has 0 fully saturated rings. The Kier molecular flexibility index (Phi) is 6.78. The van der Waals surface area contributed by atoms with E-state index in [0.717, 1.165) is 23.8 Å². The number of halogens is 6. The number of alkyl halides is 3. The van der Waals surface area contributed by atoms with Crippen LogP contribution in [0.15, 0.2) is 60.0 Å². The topological polar surface area (TPSA) is 59.4 Å². The third kappa shape index (κ3) is 5.15. The van der Waals surface area contributed by atoms with Gasteiger partial charge in [0.1, 0.15) is 10.8 Å². The zero-order valence-corrected chi connectivity index (χ0v) is 19.7. The van der Waals surface area contributed by atoms with Gasteiger partial charge in [-0.1, -0.05) is 46.9 Å². The second-order valence-electron chi connectivity index (χ2n) is 6.94. The van der Waals surface area contributed by atoms with Crippen LogP contribution in [0.1, 0.15) is 5.56 Å². The summed E-state index contributed by atoms with van der Waals surface area (Å²) in [7, 11) is 0. The number of carboxylic acid groups (broad SMARTS) is 1. The molecule has 0 unspecified atom stereocenters. The number of nitrogens with zero attached hydrogens (tertiary/aromatic N) is 1. The van der Waals surface area contributed by atoms with Crippen molar-refractivity contribution in [1.29, 1.82) is 0 Å². The van der Waals surface area contributed by atoms with Crippen molar-refractivity contribution in [2.75, 3.05) is 0 Å². The van der Waals surface area contributed by atoms with Crippen LogP contribution in [-0.2, 0) is 6.18 Å². The van der Waals surface area contributed by atoms with Crippen molar-refractivity contribution in [3.63, 3.8) is 0 Å². The van der Waals surface area contributed by atoms with E-state index in [4.69, 9.17) is 39.5 Å². The summed E-state index contributed by atoms with van der Waals surface area (Å²) in [6, 6.07) is 12.3. The van der Waals surface area contributed by atoms with Crippen molar-refractivity contribution in [1.82, 2.24) is 4.98 Å². The van der Waals surface area contributed by atoms with Crippen LogP contribution in [0.4, 0.5) is 18.0 Å². The largest absolute Gasteiger partial charge is 0.511 e. The van der Waals surface area contributed by atoms with E-state index in [1.165, 1.54) is 23.5 Å². The quantitative estimate of drug-likeness (QED) is 0.205. The second kappa shape index (κ2) is 9.46. The number of aromatic nitrogens is 1. The van der Waals surface area contributed by atoms with Crippen LogP contribution in [0.25, 0.3) is 33.0 Å². The monoisotopic (exact) mass is 543 g/mol. The zero-order chi connectivity index (χ0) is 24.6. The average molecular weight is 545 g/mol. The van der Waals surface area contributed by atoms with Crippen molar-refractivity contribution in [3.05, 3.63) is 80.6 Å². The smallest absolute Gasteiger partial charge is 0.449 e. The van der Waals surface area contributed by atoms with Crippen molar-refractivity contribution in [2.45, 2.75) is 6.18 Å². The maximum absolute atomic E-state index is 13.2. The minimum Gasteiger partial charge on any atom is -0.449 e. The highest BCUT2D eigenvalue weighted by molar-refractivity contribution is 7.13. The molecule has 0 amide bonds. The summed E-state index contributed by atoms with van der Waals surface area (Å²) >= 11 is 19.5. The van der Waals surface area contributed by atoms with Gasteiger partial charge in [-0.15, -0.1) is 11.3 Å². The van der Waals surface area contributed by atoms with Gasteiger partial charge in [-0.25, -0.2) is 9.78 Å². The third-order valence-electron chi connectivity index (χ3n) is 4.73. The van der Waals surface area contributed by atoms with Gasteiger partial charge in [-0.2, -0.15) is 13.2 Å². The van der Waals surface area contributed by atoms with Gasteiger partial charge in [-0.05, 0) is 42.5 Å². The average Bonchev–Trinajstić information content (AvgIpc) is 3.25. The predicted molar refractivity (Wildman–Crippen MR) is 127 cm³/mol. The Morgan fingerprint density at radius 2 is 1.59 bits per heavy atom. The normalized spacial score (nSPS) is 11.5. The van der Waals surface area contributed by atoms with E-state index in [1.807, 2.05) is 0 Å². The highest BCUT2D eigenvalue weighted by Gasteiger charge is 2.31. The summed E-state index contributed by atoms with van der Waals surface area (Å²) in [4.78, 5) is 15.8. The van der Waals surface area contributed by atoms with Gasteiger partial charge in [0.25, 0.3) is 0 Å². The van der Waals surface area contributed by atoms with Gasteiger partial charge < -0.3 is 9.84 Å². The number of hydrogen-bond donors (Lipinski definition) is 1. The standard InChI is InChI=1S/C23H11Cl3F3NO3S/c24-16-6-3-13(23(27,28)29)9-15(16)14-4-1-12(8-20(14)33-22(31)32)21-30-19(10-34-21)11-2-5-17(25)18(26)7-11/h1-10H,(H,31,32). The molecule has 1 aromatic heterocycles. The maximum Gasteiger partial charge on any atom is 0.511 e. The maximum atomic E-state index is 13.2. The van der Waals surface area contributed by atoms with Crippen LogP contribution in [0.3, 0.4) is 0 Å². The van der Waals surface area contributed by atoms with E-state index in [9.17, 15) is 23.1 Å². The first-order valence-corrected chi connectivity index (χ1v) is 11.4. The van der Waals surface area contributed by atoms with E-state index < -0.39 is 17.9 Å².